The molecule has 0 unspecified atom stereocenters. The molecule has 1 nitrogen and oxygen atoms in total. The molecule has 0 aliphatic carbocycles. The summed E-state index contributed by atoms with van der Waals surface area (Å²) in [5.41, 5.74) is 0. The molecule has 0 amide bonds. The van der Waals surface area contributed by atoms with E-state index in [1.807, 2.05) is 0 Å². The summed E-state index contributed by atoms with van der Waals surface area (Å²) in [6.07, 6.45) is 0. The maximum Gasteiger partial charge on any atom is 0.187 e. The first kappa shape index (κ1) is 75.0. The fourth-order valence-electron chi connectivity index (χ4n) is 0. The maximum atomic E-state index is 0. The molecule has 0 aromatic rings. The van der Waals surface area contributed by atoms with E-state index in [0.29, 0.717) is 0 Å². The predicted molar refractivity (Wildman–Crippen MR) is 19.3 cm³/mol. The molecule has 4 heavy (non-hydrogen) atoms. The van der Waals surface area contributed by atoms with E-state index in [1.54, 1.807) is 0 Å². The Kier molecular flexibility index (Phi) is 641. The van der Waals surface area contributed by atoms with Gasteiger partial charge < -0.3 is 5.48 Å². The van der Waals surface area contributed by atoms with Gasteiger partial charge in [0.1, 0.15) is 0 Å². The van der Waals surface area contributed by atoms with Crippen molar-refractivity contribution in [1.29, 1.82) is 0 Å². The minimum absolute atomic E-state index is 0. The fourth-order valence-corrected chi connectivity index (χ4v) is 0. The molecule has 0 spiro atoms. The summed E-state index contributed by atoms with van der Waals surface area (Å²) in [5, 5.41) is 0. The molecule has 0 saturated heterocycles. The Labute approximate surface area is 48.1 Å². The van der Waals surface area contributed by atoms with Crippen LogP contribution < -0.4 is 0 Å². The topological polar surface area (TPSA) is 31.5 Å². The molecular weight excluding hydrogens is 112 g/mol. The molecule has 0 rings (SSSR count). The van der Waals surface area contributed by atoms with E-state index in [4.69, 9.17) is 0 Å². The van der Waals surface area contributed by atoms with Crippen LogP contribution in [0.25, 0.3) is 0 Å². The minimum atomic E-state index is 0. The van der Waals surface area contributed by atoms with E-state index in [1.165, 1.54) is 0 Å². The third-order valence-electron chi connectivity index (χ3n) is 0. The Balaban J connectivity index is 0. The van der Waals surface area contributed by atoms with Crippen molar-refractivity contribution < 1.29 is 22.0 Å². The van der Waals surface area contributed by atoms with Crippen LogP contribution in [0.4, 0.5) is 0 Å². The summed E-state index contributed by atoms with van der Waals surface area (Å²) in [5.74, 6) is 0. The zero-order valence-corrected chi connectivity index (χ0v) is 2.38. The van der Waals surface area contributed by atoms with Gasteiger partial charge in [-0.05, 0) is 0 Å². The predicted octanol–water partition coefficient (Wildman–Crippen LogP) is -2.39. The standard InChI is InChI=1S/Al.B.Ni.H2O.3H/h;;;1H2;;;. The summed E-state index contributed by atoms with van der Waals surface area (Å²) in [6.45, 7) is 0. The number of hydrogen-bond acceptors (Lipinski definition) is 0. The molecular formula is H5AlBNiO. The molecule has 4 heteroatoms. The van der Waals surface area contributed by atoms with Crippen molar-refractivity contribution in [2.24, 2.45) is 0 Å². The van der Waals surface area contributed by atoms with Crippen LogP contribution in [-0.2, 0) is 16.5 Å². The van der Waals surface area contributed by atoms with Gasteiger partial charge in [-0.3, -0.25) is 0 Å². The molecule has 0 aromatic heterocycles. The normalized spacial score (nSPS) is 0. The molecule has 0 saturated carbocycles. The van der Waals surface area contributed by atoms with Gasteiger partial charge in [0.05, 0.1) is 0 Å². The summed E-state index contributed by atoms with van der Waals surface area (Å²) < 4.78 is 0. The van der Waals surface area contributed by atoms with Crippen LogP contribution in [0.2, 0.25) is 0 Å². The van der Waals surface area contributed by atoms with E-state index in [2.05, 4.69) is 0 Å². The van der Waals surface area contributed by atoms with Crippen molar-refractivity contribution >= 4 is 25.8 Å². The first-order valence-electron chi connectivity index (χ1n) is 0. The molecule has 0 atom stereocenters. The third-order valence-corrected chi connectivity index (χ3v) is 0. The largest absolute Gasteiger partial charge is 0.412 e. The minimum Gasteiger partial charge on any atom is -0.412 e. The molecule has 0 bridgehead atoms. The Morgan fingerprint density at radius 2 is 1.00 bits per heavy atom. The second kappa shape index (κ2) is 34.1. The van der Waals surface area contributed by atoms with E-state index in [9.17, 15) is 0 Å². The number of hydrogen-bond donors (Lipinski definition) is 0. The first-order valence-corrected chi connectivity index (χ1v) is 0. The first-order chi connectivity index (χ1) is 0. The summed E-state index contributed by atoms with van der Waals surface area (Å²) in [4.78, 5) is 0. The van der Waals surface area contributed by atoms with Crippen LogP contribution in [0.5, 0.6) is 0 Å². The van der Waals surface area contributed by atoms with Gasteiger partial charge in [0.2, 0.25) is 0 Å². The molecule has 0 aliphatic heterocycles. The van der Waals surface area contributed by atoms with Crippen LogP contribution in [-0.4, -0.2) is 31.3 Å². The summed E-state index contributed by atoms with van der Waals surface area (Å²) in [7, 11) is 0. The molecule has 0 aromatic carbocycles. The molecule has 3 radical (unpaired) electrons. The second-order valence-corrected chi connectivity index (χ2v) is 0. The smallest absolute Gasteiger partial charge is 0.187 e. The van der Waals surface area contributed by atoms with Crippen molar-refractivity contribution in [3.63, 3.8) is 0 Å². The van der Waals surface area contributed by atoms with Gasteiger partial charge >= 0.3 is 0 Å². The average Bonchev–Trinajstić information content (AvgIpc) is 0. The Morgan fingerprint density at radius 3 is 1.00 bits per heavy atom. The van der Waals surface area contributed by atoms with E-state index in [0.717, 1.165) is 0 Å². The van der Waals surface area contributed by atoms with Gasteiger partial charge in [-0.25, -0.2) is 0 Å². The van der Waals surface area contributed by atoms with Crippen LogP contribution >= 0.6 is 0 Å². The van der Waals surface area contributed by atoms with E-state index < -0.39 is 0 Å². The van der Waals surface area contributed by atoms with Gasteiger partial charge in [0, 0.05) is 24.9 Å². The monoisotopic (exact) mass is 117 g/mol. The van der Waals surface area contributed by atoms with E-state index in [-0.39, 0.29) is 47.7 Å². The van der Waals surface area contributed by atoms with Crippen LogP contribution in [0.15, 0.2) is 0 Å². The van der Waals surface area contributed by atoms with Crippen molar-refractivity contribution in [2.75, 3.05) is 0 Å². The SMILES string of the molecule is O.[AlH3].[B].[Ni]. The van der Waals surface area contributed by atoms with Crippen LogP contribution in [0, 0.1) is 0 Å². The van der Waals surface area contributed by atoms with Crippen LogP contribution in [0.1, 0.15) is 0 Å². The zero-order valence-electron chi connectivity index (χ0n) is 1.39. The average molecular weight is 118 g/mol. The fraction of sp³-hybridized carbons (Fsp3) is 0. The quantitative estimate of drug-likeness (QED) is 0.317. The third kappa shape index (κ3) is 11.6. The van der Waals surface area contributed by atoms with Crippen molar-refractivity contribution in [1.82, 2.24) is 0 Å². The van der Waals surface area contributed by atoms with Gasteiger partial charge in [-0.1, -0.05) is 0 Å². The van der Waals surface area contributed by atoms with Gasteiger partial charge in [0.15, 0.2) is 17.4 Å². The second-order valence-electron chi connectivity index (χ2n) is 0. The van der Waals surface area contributed by atoms with Gasteiger partial charge in [-0.15, -0.1) is 0 Å². The number of rotatable bonds is 0. The van der Waals surface area contributed by atoms with Crippen LogP contribution in [0.3, 0.4) is 0 Å². The summed E-state index contributed by atoms with van der Waals surface area (Å²) in [6, 6.07) is 0. The van der Waals surface area contributed by atoms with Crippen molar-refractivity contribution in [3.05, 3.63) is 0 Å². The Hall–Kier alpha value is 1.05. The molecule has 2 N–H and O–H groups in total. The molecule has 27 valence electrons. The van der Waals surface area contributed by atoms with Crippen molar-refractivity contribution in [2.45, 2.75) is 0 Å². The summed E-state index contributed by atoms with van der Waals surface area (Å²) >= 11 is 0. The molecule has 0 fully saturated rings. The Bertz CT molecular complexity index is 8.00. The Morgan fingerprint density at radius 1 is 1.00 bits per heavy atom. The molecule has 0 heterocycles. The zero-order chi connectivity index (χ0) is 0. The maximum absolute atomic E-state index is 0. The van der Waals surface area contributed by atoms with E-state index >= 15 is 0 Å². The van der Waals surface area contributed by atoms with Gasteiger partial charge in [0.25, 0.3) is 0 Å². The van der Waals surface area contributed by atoms with Gasteiger partial charge in [-0.2, -0.15) is 0 Å². The van der Waals surface area contributed by atoms with Crippen molar-refractivity contribution in [3.8, 4) is 0 Å². The molecule has 0 aliphatic rings.